The van der Waals surface area contributed by atoms with Crippen LogP contribution in [0, 0.1) is 4.77 Å². The second-order valence-corrected chi connectivity index (χ2v) is 5.96. The molecule has 0 fully saturated rings. The number of nitrogens with zero attached hydrogens (tertiary/aromatic N) is 2. The molecular formula is C19H21N3O3S. The average molecular weight is 371 g/mol. The lowest BCUT2D eigenvalue weighted by atomic mass is 10.2. The van der Waals surface area contributed by atoms with Crippen molar-refractivity contribution in [3.05, 3.63) is 64.7 Å². The quantitative estimate of drug-likeness (QED) is 0.607. The van der Waals surface area contributed by atoms with E-state index >= 15 is 0 Å². The Labute approximate surface area is 157 Å². The van der Waals surface area contributed by atoms with Crippen LogP contribution in [0.3, 0.4) is 0 Å². The van der Waals surface area contributed by atoms with Gasteiger partial charge >= 0.3 is 0 Å². The third kappa shape index (κ3) is 4.43. The van der Waals surface area contributed by atoms with Gasteiger partial charge in [-0.15, -0.1) is 0 Å². The predicted octanol–water partition coefficient (Wildman–Crippen LogP) is 3.98. The summed E-state index contributed by atoms with van der Waals surface area (Å²) in [6, 6.07) is 15.4. The van der Waals surface area contributed by atoms with E-state index in [1.165, 1.54) is 0 Å². The van der Waals surface area contributed by atoms with Gasteiger partial charge in [0.05, 0.1) is 20.3 Å². The summed E-state index contributed by atoms with van der Waals surface area (Å²) >= 11 is 5.35. The van der Waals surface area contributed by atoms with Crippen LogP contribution in [0.4, 0.5) is 0 Å². The summed E-state index contributed by atoms with van der Waals surface area (Å²) in [5.74, 6) is 3.13. The molecule has 0 spiro atoms. The zero-order valence-electron chi connectivity index (χ0n) is 14.8. The minimum Gasteiger partial charge on any atom is -0.497 e. The number of nitrogens with one attached hydrogen (secondary N) is 1. The number of aromatic nitrogens is 3. The Kier molecular flexibility index (Phi) is 5.91. The monoisotopic (exact) mass is 371 g/mol. The lowest BCUT2D eigenvalue weighted by Gasteiger charge is -2.10. The van der Waals surface area contributed by atoms with Crippen LogP contribution in [0.1, 0.15) is 18.3 Å². The Hall–Kier alpha value is -2.80. The molecule has 3 aromatic rings. The fourth-order valence-electron chi connectivity index (χ4n) is 2.48. The van der Waals surface area contributed by atoms with E-state index in [-0.39, 0.29) is 0 Å². The van der Waals surface area contributed by atoms with Crippen molar-refractivity contribution in [2.75, 3.05) is 13.7 Å². The molecule has 2 aromatic carbocycles. The summed E-state index contributed by atoms with van der Waals surface area (Å²) in [5.41, 5.74) is 1.10. The molecule has 0 saturated carbocycles. The Bertz CT molecular complexity index is 886. The maximum Gasteiger partial charge on any atom is 0.195 e. The number of H-pyrrole nitrogens is 1. The highest BCUT2D eigenvalue weighted by molar-refractivity contribution is 7.71. The third-order valence-electron chi connectivity index (χ3n) is 3.84. The first-order valence-corrected chi connectivity index (χ1v) is 8.73. The molecule has 3 rings (SSSR count). The van der Waals surface area contributed by atoms with Gasteiger partial charge in [0.2, 0.25) is 0 Å². The van der Waals surface area contributed by atoms with Gasteiger partial charge in [-0.25, -0.2) is 0 Å². The van der Waals surface area contributed by atoms with Crippen LogP contribution in [-0.2, 0) is 13.2 Å². The molecule has 0 atom stereocenters. The van der Waals surface area contributed by atoms with E-state index in [0.29, 0.717) is 24.5 Å². The van der Waals surface area contributed by atoms with Crippen LogP contribution >= 0.6 is 12.2 Å². The summed E-state index contributed by atoms with van der Waals surface area (Å²) in [7, 11) is 1.65. The second kappa shape index (κ2) is 8.53. The van der Waals surface area contributed by atoms with Crippen molar-refractivity contribution < 1.29 is 14.2 Å². The Morgan fingerprint density at radius 1 is 0.962 bits per heavy atom. The summed E-state index contributed by atoms with van der Waals surface area (Å²) in [5, 5.41) is 7.11. The number of aromatic amines is 1. The molecule has 0 saturated heterocycles. The maximum absolute atomic E-state index is 5.83. The van der Waals surface area contributed by atoms with Gasteiger partial charge in [0.25, 0.3) is 0 Å². The van der Waals surface area contributed by atoms with Gasteiger partial charge in [-0.2, -0.15) is 5.10 Å². The van der Waals surface area contributed by atoms with Crippen molar-refractivity contribution in [1.82, 2.24) is 14.8 Å². The normalized spacial score (nSPS) is 10.5. The van der Waals surface area contributed by atoms with E-state index in [9.17, 15) is 0 Å². The summed E-state index contributed by atoms with van der Waals surface area (Å²) < 4.78 is 18.9. The fourth-order valence-corrected chi connectivity index (χ4v) is 2.70. The maximum atomic E-state index is 5.83. The number of hydrogen-bond acceptors (Lipinski definition) is 5. The van der Waals surface area contributed by atoms with E-state index in [1.807, 2.05) is 60.0 Å². The van der Waals surface area contributed by atoms with E-state index in [2.05, 4.69) is 10.2 Å². The molecule has 1 N–H and O–H groups in total. The van der Waals surface area contributed by atoms with Crippen LogP contribution in [0.2, 0.25) is 0 Å². The van der Waals surface area contributed by atoms with Crippen LogP contribution in [0.5, 0.6) is 17.2 Å². The van der Waals surface area contributed by atoms with Gasteiger partial charge in [-0.1, -0.05) is 12.1 Å². The van der Waals surface area contributed by atoms with Crippen molar-refractivity contribution in [2.45, 2.75) is 20.1 Å². The molecule has 7 heteroatoms. The highest BCUT2D eigenvalue weighted by Gasteiger charge is 2.08. The standard InChI is InChI=1S/C19H21N3O3S/c1-3-24-16-8-10-17(11-9-16)25-13-18-20-21-19(26)22(18)12-14-4-6-15(23-2)7-5-14/h4-11H,3,12-13H2,1-2H3,(H,21,26). The van der Waals surface area contributed by atoms with Crippen LogP contribution in [-0.4, -0.2) is 28.5 Å². The van der Waals surface area contributed by atoms with Crippen LogP contribution in [0.15, 0.2) is 48.5 Å². The first-order valence-electron chi connectivity index (χ1n) is 8.32. The topological polar surface area (TPSA) is 61.3 Å². The molecular weight excluding hydrogens is 350 g/mol. The second-order valence-electron chi connectivity index (χ2n) is 5.57. The first-order chi connectivity index (χ1) is 12.7. The molecule has 0 bridgehead atoms. The summed E-state index contributed by atoms with van der Waals surface area (Å²) in [4.78, 5) is 0. The number of rotatable bonds is 8. The molecule has 26 heavy (non-hydrogen) atoms. The molecule has 1 heterocycles. The molecule has 136 valence electrons. The molecule has 1 aromatic heterocycles. The van der Waals surface area contributed by atoms with Crippen molar-refractivity contribution >= 4 is 12.2 Å². The molecule has 0 aliphatic heterocycles. The minimum atomic E-state index is 0.317. The first kappa shape index (κ1) is 18.0. The molecule has 0 radical (unpaired) electrons. The zero-order valence-corrected chi connectivity index (χ0v) is 15.6. The highest BCUT2D eigenvalue weighted by atomic mass is 32.1. The van der Waals surface area contributed by atoms with E-state index in [4.69, 9.17) is 26.4 Å². The number of ether oxygens (including phenoxy) is 3. The zero-order chi connectivity index (χ0) is 18.4. The number of hydrogen-bond donors (Lipinski definition) is 1. The van der Waals surface area contributed by atoms with E-state index < -0.39 is 0 Å². The molecule has 0 aliphatic rings. The predicted molar refractivity (Wildman–Crippen MR) is 101 cm³/mol. The van der Waals surface area contributed by atoms with Gasteiger partial charge in [-0.3, -0.25) is 9.67 Å². The van der Waals surface area contributed by atoms with Crippen LogP contribution < -0.4 is 14.2 Å². The fraction of sp³-hybridized carbons (Fsp3) is 0.263. The average Bonchev–Trinajstić information content (AvgIpc) is 3.02. The number of benzene rings is 2. The Morgan fingerprint density at radius 3 is 2.19 bits per heavy atom. The minimum absolute atomic E-state index is 0.317. The lowest BCUT2D eigenvalue weighted by molar-refractivity contribution is 0.288. The smallest absolute Gasteiger partial charge is 0.195 e. The Balaban J connectivity index is 1.68. The summed E-state index contributed by atoms with van der Waals surface area (Å²) in [6.45, 7) is 3.52. The Morgan fingerprint density at radius 2 is 1.58 bits per heavy atom. The van der Waals surface area contributed by atoms with Gasteiger partial charge < -0.3 is 14.2 Å². The van der Waals surface area contributed by atoms with Crippen molar-refractivity contribution in [3.8, 4) is 17.2 Å². The van der Waals surface area contributed by atoms with Crippen molar-refractivity contribution in [1.29, 1.82) is 0 Å². The third-order valence-corrected chi connectivity index (χ3v) is 4.15. The van der Waals surface area contributed by atoms with Crippen molar-refractivity contribution in [2.24, 2.45) is 0 Å². The van der Waals surface area contributed by atoms with E-state index in [1.54, 1.807) is 7.11 Å². The van der Waals surface area contributed by atoms with Crippen molar-refractivity contribution in [3.63, 3.8) is 0 Å². The lowest BCUT2D eigenvalue weighted by Crippen LogP contribution is -2.08. The largest absolute Gasteiger partial charge is 0.497 e. The molecule has 0 unspecified atom stereocenters. The highest BCUT2D eigenvalue weighted by Crippen LogP contribution is 2.19. The molecule has 6 nitrogen and oxygen atoms in total. The molecule has 0 amide bonds. The van der Waals surface area contributed by atoms with Crippen LogP contribution in [0.25, 0.3) is 0 Å². The van der Waals surface area contributed by atoms with E-state index in [0.717, 1.165) is 28.6 Å². The van der Waals surface area contributed by atoms with Gasteiger partial charge in [0.15, 0.2) is 10.6 Å². The number of methoxy groups -OCH3 is 1. The SMILES string of the molecule is CCOc1ccc(OCc2n[nH]c(=S)n2Cc2ccc(OC)cc2)cc1. The summed E-state index contributed by atoms with van der Waals surface area (Å²) in [6.07, 6.45) is 0. The molecule has 0 aliphatic carbocycles. The van der Waals surface area contributed by atoms with Gasteiger partial charge in [0, 0.05) is 0 Å². The van der Waals surface area contributed by atoms with Gasteiger partial charge in [-0.05, 0) is 61.1 Å². The van der Waals surface area contributed by atoms with Gasteiger partial charge in [0.1, 0.15) is 23.9 Å².